The summed E-state index contributed by atoms with van der Waals surface area (Å²) >= 11 is 7.53. The molecule has 0 fully saturated rings. The second-order valence-electron chi connectivity index (χ2n) is 16.1. The minimum absolute atomic E-state index is 0.918. The van der Waals surface area contributed by atoms with Gasteiger partial charge in [0.15, 0.2) is 0 Å². The van der Waals surface area contributed by atoms with Crippen LogP contribution in [0.5, 0.6) is 0 Å². The summed E-state index contributed by atoms with van der Waals surface area (Å²) in [6.45, 7) is 0. The molecule has 0 atom stereocenters. The number of hydrogen-bond donors (Lipinski definition) is 0. The molecule has 0 radical (unpaired) electrons. The summed E-state index contributed by atoms with van der Waals surface area (Å²) in [7, 11) is 0. The van der Waals surface area contributed by atoms with Crippen molar-refractivity contribution >= 4 is 181 Å². The van der Waals surface area contributed by atoms with E-state index >= 15 is 0 Å². The second kappa shape index (κ2) is 11.4. The van der Waals surface area contributed by atoms with Crippen LogP contribution in [0.4, 0.5) is 0 Å². The number of imidazole rings is 2. The van der Waals surface area contributed by atoms with Gasteiger partial charge < -0.3 is 0 Å². The Hall–Kier alpha value is -7.08. The molecule has 10 aromatic heterocycles. The van der Waals surface area contributed by atoms with Crippen molar-refractivity contribution in [3.8, 4) is 11.3 Å². The molecule has 0 aliphatic heterocycles. The van der Waals surface area contributed by atoms with Gasteiger partial charge in [0, 0.05) is 125 Å². The molecule has 0 saturated carbocycles. The average molecular weight is 861 g/mol. The largest absolute Gasteiger partial charge is 0.298 e. The topological polar surface area (TPSA) is 60.4 Å². The number of rotatable bonds is 1. The molecule has 0 aliphatic rings. The molecule has 10 heterocycles. The maximum Gasteiger partial charge on any atom is 0.147 e. The molecule has 16 rings (SSSR count). The van der Waals surface area contributed by atoms with Crippen LogP contribution in [0.1, 0.15) is 0 Å². The van der Waals surface area contributed by atoms with E-state index in [1.807, 2.05) is 76.1 Å². The quantitative estimate of drug-likeness (QED) is 0.154. The van der Waals surface area contributed by atoms with Crippen molar-refractivity contribution < 1.29 is 0 Å². The van der Waals surface area contributed by atoms with Crippen LogP contribution < -0.4 is 0 Å². The zero-order valence-electron chi connectivity index (χ0n) is 32.2. The molecule has 16 aromatic rings. The van der Waals surface area contributed by atoms with Gasteiger partial charge in [-0.3, -0.25) is 18.8 Å². The zero-order chi connectivity index (χ0) is 39.9. The maximum atomic E-state index is 5.56. The lowest BCUT2D eigenvalue weighted by Crippen LogP contribution is -1.93. The Labute approximate surface area is 364 Å². The van der Waals surface area contributed by atoms with Crippen molar-refractivity contribution in [3.63, 3.8) is 0 Å². The molecule has 286 valence electrons. The van der Waals surface area contributed by atoms with Gasteiger partial charge in [-0.15, -0.1) is 45.3 Å². The van der Waals surface area contributed by atoms with Crippen molar-refractivity contribution in [2.45, 2.75) is 0 Å². The van der Waals surface area contributed by atoms with Crippen molar-refractivity contribution in [2.75, 3.05) is 0 Å². The fourth-order valence-electron chi connectivity index (χ4n) is 10.6. The summed E-state index contributed by atoms with van der Waals surface area (Å²) in [5.74, 6) is 0. The van der Waals surface area contributed by atoms with Crippen LogP contribution in [0, 0.1) is 0 Å². The highest BCUT2D eigenvalue weighted by Gasteiger charge is 2.26. The Morgan fingerprint density at radius 1 is 0.387 bits per heavy atom. The first kappa shape index (κ1) is 32.7. The van der Waals surface area contributed by atoms with E-state index in [1.165, 1.54) is 97.0 Å². The van der Waals surface area contributed by atoms with E-state index < -0.39 is 0 Å². The van der Waals surface area contributed by atoms with E-state index in [1.54, 1.807) is 0 Å². The van der Waals surface area contributed by atoms with Crippen LogP contribution in [-0.2, 0) is 0 Å². The smallest absolute Gasteiger partial charge is 0.147 e. The first-order chi connectivity index (χ1) is 30.8. The molecule has 6 aromatic carbocycles. The van der Waals surface area contributed by atoms with E-state index in [2.05, 4.69) is 124 Å². The fourth-order valence-corrected chi connectivity index (χ4v) is 15.7. The number of nitrogens with zero attached hydrogens (tertiary/aromatic N) is 6. The fraction of sp³-hybridized carbons (Fsp3) is 0. The molecular formula is C52H24N6S4. The van der Waals surface area contributed by atoms with E-state index in [9.17, 15) is 0 Å². The van der Waals surface area contributed by atoms with Crippen LogP contribution >= 0.6 is 45.3 Å². The number of aromatic nitrogens is 6. The van der Waals surface area contributed by atoms with Crippen LogP contribution in [0.25, 0.3) is 147 Å². The van der Waals surface area contributed by atoms with Crippen molar-refractivity contribution in [2.24, 2.45) is 0 Å². The molecule has 0 amide bonds. The normalized spacial score (nSPS) is 12.8. The van der Waals surface area contributed by atoms with Crippen LogP contribution in [0.2, 0.25) is 0 Å². The summed E-state index contributed by atoms with van der Waals surface area (Å²) in [5.41, 5.74) is 8.18. The Morgan fingerprint density at radius 2 is 0.952 bits per heavy atom. The lowest BCUT2D eigenvalue weighted by Gasteiger charge is -2.11. The molecule has 0 aliphatic carbocycles. The van der Waals surface area contributed by atoms with Crippen molar-refractivity contribution in [3.05, 3.63) is 146 Å². The van der Waals surface area contributed by atoms with Gasteiger partial charge in [-0.2, -0.15) is 0 Å². The minimum Gasteiger partial charge on any atom is -0.298 e. The molecule has 62 heavy (non-hydrogen) atoms. The van der Waals surface area contributed by atoms with Crippen LogP contribution in [0.3, 0.4) is 0 Å². The van der Waals surface area contributed by atoms with Gasteiger partial charge in [-0.05, 0) is 54.6 Å². The summed E-state index contributed by atoms with van der Waals surface area (Å²) in [6, 6.07) is 41.9. The number of benzene rings is 6. The average Bonchev–Trinajstić information content (AvgIpc) is 4.18. The molecular weight excluding hydrogens is 837 g/mol. The van der Waals surface area contributed by atoms with Crippen LogP contribution in [0.15, 0.2) is 146 Å². The maximum absolute atomic E-state index is 5.56. The molecule has 0 saturated heterocycles. The zero-order valence-corrected chi connectivity index (χ0v) is 35.4. The van der Waals surface area contributed by atoms with E-state index in [0.717, 1.165) is 49.9 Å². The van der Waals surface area contributed by atoms with Crippen molar-refractivity contribution in [1.82, 2.24) is 28.7 Å². The molecule has 0 unspecified atom stereocenters. The monoisotopic (exact) mass is 860 g/mol. The predicted octanol–water partition coefficient (Wildman–Crippen LogP) is 15.5. The number of pyridine rings is 4. The van der Waals surface area contributed by atoms with Crippen LogP contribution in [-0.4, -0.2) is 28.7 Å². The lowest BCUT2D eigenvalue weighted by molar-refractivity contribution is 1.28. The summed E-state index contributed by atoms with van der Waals surface area (Å²) in [6.07, 6.45) is 10.2. The van der Waals surface area contributed by atoms with Gasteiger partial charge in [-0.1, -0.05) is 60.7 Å². The highest BCUT2D eigenvalue weighted by Crippen LogP contribution is 2.53. The number of hydrogen-bond acceptors (Lipinski definition) is 8. The van der Waals surface area contributed by atoms with E-state index in [-0.39, 0.29) is 0 Å². The SMILES string of the molecule is c1ccc2c(c1)sc1c3c4cc(-c5cn6c(n5)c5cccnc5c5c7c8ccccc8sc7c7sc8ccccc8c7c56)ccc4sc3c3c(c4ncccc4c4nccn43)c21. The Balaban J connectivity index is 1.06. The summed E-state index contributed by atoms with van der Waals surface area (Å²) in [5, 5.41) is 14.6. The summed E-state index contributed by atoms with van der Waals surface area (Å²) < 4.78 is 15.0. The molecule has 0 N–H and O–H groups in total. The Bertz CT molecular complexity index is 4710. The van der Waals surface area contributed by atoms with Gasteiger partial charge in [0.05, 0.1) is 41.9 Å². The highest BCUT2D eigenvalue weighted by atomic mass is 32.1. The van der Waals surface area contributed by atoms with Gasteiger partial charge in [-0.25, -0.2) is 9.97 Å². The molecule has 0 bridgehead atoms. The number of fused-ring (bicyclic) bond motifs is 30. The van der Waals surface area contributed by atoms with E-state index in [0.29, 0.717) is 0 Å². The Morgan fingerprint density at radius 3 is 1.68 bits per heavy atom. The molecule has 0 spiro atoms. The lowest BCUT2D eigenvalue weighted by atomic mass is 10.00. The third-order valence-corrected chi connectivity index (χ3v) is 17.9. The third kappa shape index (κ3) is 3.91. The number of thiophene rings is 4. The van der Waals surface area contributed by atoms with Gasteiger partial charge in [0.2, 0.25) is 0 Å². The molecule has 6 nitrogen and oxygen atoms in total. The Kier molecular flexibility index (Phi) is 6.02. The molecule has 10 heteroatoms. The highest BCUT2D eigenvalue weighted by molar-refractivity contribution is 7.34. The van der Waals surface area contributed by atoms with Crippen molar-refractivity contribution in [1.29, 1.82) is 0 Å². The summed E-state index contributed by atoms with van der Waals surface area (Å²) in [4.78, 5) is 20.7. The second-order valence-corrected chi connectivity index (χ2v) is 20.3. The first-order valence-electron chi connectivity index (χ1n) is 20.4. The van der Waals surface area contributed by atoms with Gasteiger partial charge in [0.1, 0.15) is 11.3 Å². The van der Waals surface area contributed by atoms with E-state index in [4.69, 9.17) is 19.9 Å². The standard InChI is InChI=1S/C52H24N6S4/c1-4-14-33-26(9-1)37-42-43-29(12-7-19-53-43)51-55-21-22-57(51)46(42)48-40(47(37)59-33)31-23-25(17-18-36(31)60-48)32-24-58-45-39-28-11-3-6-16-35(28)62-50(39)49-38(27-10-2-5-15-34(27)61-49)41(45)44-30(52(58)56-32)13-8-20-54-44/h1-24H. The predicted molar refractivity (Wildman–Crippen MR) is 267 cm³/mol. The minimum atomic E-state index is 0.918. The first-order valence-corrected chi connectivity index (χ1v) is 23.7. The van der Waals surface area contributed by atoms with Gasteiger partial charge >= 0.3 is 0 Å². The van der Waals surface area contributed by atoms with Gasteiger partial charge in [0.25, 0.3) is 0 Å². The third-order valence-electron chi connectivity index (χ3n) is 13.0.